The second-order valence-corrected chi connectivity index (χ2v) is 7.56. The minimum Gasteiger partial charge on any atom is -0.480 e. The molecule has 0 amide bonds. The Labute approximate surface area is 151 Å². The molecule has 0 spiro atoms. The minimum atomic E-state index is -4.33. The summed E-state index contributed by atoms with van der Waals surface area (Å²) in [6.07, 6.45) is -4.33. The highest BCUT2D eigenvalue weighted by atomic mass is 19.4. The molecule has 3 N–H and O–H groups in total. The van der Waals surface area contributed by atoms with Gasteiger partial charge in [-0.15, -0.1) is 0 Å². The van der Waals surface area contributed by atoms with Crippen molar-refractivity contribution in [3.05, 3.63) is 35.4 Å². The van der Waals surface area contributed by atoms with Gasteiger partial charge in [0.05, 0.1) is 5.56 Å². The Hall–Kier alpha value is -1.64. The van der Waals surface area contributed by atoms with E-state index in [1.165, 1.54) is 12.1 Å². The van der Waals surface area contributed by atoms with Crippen LogP contribution in [0.3, 0.4) is 0 Å². The summed E-state index contributed by atoms with van der Waals surface area (Å²) >= 11 is 0. The van der Waals surface area contributed by atoms with Gasteiger partial charge < -0.3 is 10.8 Å². The topological polar surface area (TPSA) is 69.8 Å². The van der Waals surface area contributed by atoms with E-state index in [-0.39, 0.29) is 0 Å². The van der Waals surface area contributed by atoms with E-state index < -0.39 is 28.8 Å². The molecule has 0 saturated carbocycles. The monoisotopic (exact) mass is 373 g/mol. The molecule has 1 aromatic rings. The first-order valence-electron chi connectivity index (χ1n) is 8.51. The molecule has 2 rings (SSSR count). The van der Waals surface area contributed by atoms with E-state index in [1.807, 2.05) is 4.90 Å². The van der Waals surface area contributed by atoms with Crippen LogP contribution in [0.1, 0.15) is 31.9 Å². The molecule has 1 aliphatic heterocycles. The summed E-state index contributed by atoms with van der Waals surface area (Å²) in [6, 6.07) is 5.15. The highest BCUT2D eigenvalue weighted by Crippen LogP contribution is 2.30. The van der Waals surface area contributed by atoms with Crippen molar-refractivity contribution in [1.82, 2.24) is 9.80 Å². The average molecular weight is 373 g/mol. The lowest BCUT2D eigenvalue weighted by Gasteiger charge is -2.49. The van der Waals surface area contributed by atoms with Gasteiger partial charge in [-0.25, -0.2) is 0 Å². The van der Waals surface area contributed by atoms with Gasteiger partial charge >= 0.3 is 12.1 Å². The number of benzene rings is 1. The molecule has 0 aromatic heterocycles. The van der Waals surface area contributed by atoms with Gasteiger partial charge in [0, 0.05) is 38.3 Å². The van der Waals surface area contributed by atoms with Crippen molar-refractivity contribution in [2.45, 2.75) is 44.6 Å². The SMILES string of the molecule is CC(C)(N)[C@@](C)(C(=O)O)N1CCN(Cc2ccc(C(F)(F)F)cc2)CC1. The van der Waals surface area contributed by atoms with Gasteiger partial charge in [0.1, 0.15) is 5.54 Å². The first kappa shape index (κ1) is 20.7. The number of carboxylic acid groups (broad SMARTS) is 1. The second kappa shape index (κ2) is 7.17. The van der Waals surface area contributed by atoms with Crippen molar-refractivity contribution in [2.24, 2.45) is 5.73 Å². The number of carboxylic acids is 1. The highest BCUT2D eigenvalue weighted by Gasteiger charge is 2.50. The van der Waals surface area contributed by atoms with Crippen LogP contribution in [0.15, 0.2) is 24.3 Å². The van der Waals surface area contributed by atoms with Crippen LogP contribution in [0, 0.1) is 0 Å². The summed E-state index contributed by atoms with van der Waals surface area (Å²) in [5, 5.41) is 9.69. The van der Waals surface area contributed by atoms with Crippen LogP contribution in [0.4, 0.5) is 13.2 Å². The molecule has 8 heteroatoms. The zero-order valence-electron chi connectivity index (χ0n) is 15.3. The summed E-state index contributed by atoms with van der Waals surface area (Å²) < 4.78 is 37.9. The van der Waals surface area contributed by atoms with Gasteiger partial charge in [-0.3, -0.25) is 14.6 Å². The second-order valence-electron chi connectivity index (χ2n) is 7.56. The Morgan fingerprint density at radius 1 is 1.08 bits per heavy atom. The van der Waals surface area contributed by atoms with Crippen molar-refractivity contribution in [3.63, 3.8) is 0 Å². The van der Waals surface area contributed by atoms with E-state index in [0.717, 1.165) is 17.7 Å². The van der Waals surface area contributed by atoms with Gasteiger partial charge in [-0.05, 0) is 38.5 Å². The third kappa shape index (κ3) is 4.19. The smallest absolute Gasteiger partial charge is 0.416 e. The van der Waals surface area contributed by atoms with E-state index in [9.17, 15) is 23.1 Å². The normalized spacial score (nSPS) is 20.0. The number of nitrogens with zero attached hydrogens (tertiary/aromatic N) is 2. The first-order chi connectivity index (χ1) is 11.9. The average Bonchev–Trinajstić information content (AvgIpc) is 2.53. The fourth-order valence-electron chi connectivity index (χ4n) is 3.23. The van der Waals surface area contributed by atoms with Crippen molar-refractivity contribution in [3.8, 4) is 0 Å². The Kier molecular flexibility index (Phi) is 5.70. The molecule has 5 nitrogen and oxygen atoms in total. The number of piperazine rings is 1. The van der Waals surface area contributed by atoms with Crippen LogP contribution in [0.5, 0.6) is 0 Å². The number of aliphatic carboxylic acids is 1. The lowest BCUT2D eigenvalue weighted by molar-refractivity contribution is -0.156. The number of hydrogen-bond acceptors (Lipinski definition) is 4. The van der Waals surface area contributed by atoms with Gasteiger partial charge in [0.25, 0.3) is 0 Å². The standard InChI is InChI=1S/C18H26F3N3O2/c1-16(2,22)17(3,15(25)26)24-10-8-23(9-11-24)12-13-4-6-14(7-5-13)18(19,20)21/h4-7H,8-12,22H2,1-3H3,(H,25,26)/t17-/m1/s1. The van der Waals surface area contributed by atoms with Crippen LogP contribution in [0.2, 0.25) is 0 Å². The molecule has 1 heterocycles. The van der Waals surface area contributed by atoms with Gasteiger partial charge in [-0.2, -0.15) is 13.2 Å². The number of nitrogens with two attached hydrogens (primary N) is 1. The predicted molar refractivity (Wildman–Crippen MR) is 92.6 cm³/mol. The first-order valence-corrected chi connectivity index (χ1v) is 8.51. The quantitative estimate of drug-likeness (QED) is 0.830. The fraction of sp³-hybridized carbons (Fsp3) is 0.611. The van der Waals surface area contributed by atoms with Crippen molar-refractivity contribution < 1.29 is 23.1 Å². The predicted octanol–water partition coefficient (Wildman–Crippen LogP) is 2.40. The molecule has 0 unspecified atom stereocenters. The molecular weight excluding hydrogens is 347 g/mol. The van der Waals surface area contributed by atoms with Gasteiger partial charge in [0.15, 0.2) is 0 Å². The lowest BCUT2D eigenvalue weighted by Crippen LogP contribution is -2.71. The molecular formula is C18H26F3N3O2. The maximum Gasteiger partial charge on any atom is 0.416 e. The molecule has 1 atom stereocenters. The minimum absolute atomic E-state index is 0.530. The number of carbonyl (C=O) groups is 1. The maximum absolute atomic E-state index is 12.6. The van der Waals surface area contributed by atoms with E-state index in [1.54, 1.807) is 20.8 Å². The Morgan fingerprint density at radius 2 is 1.58 bits per heavy atom. The molecule has 0 radical (unpaired) electrons. The summed E-state index contributed by atoms with van der Waals surface area (Å²) in [6.45, 7) is 7.89. The van der Waals surface area contributed by atoms with Crippen molar-refractivity contribution in [2.75, 3.05) is 26.2 Å². The van der Waals surface area contributed by atoms with Crippen molar-refractivity contribution in [1.29, 1.82) is 0 Å². The van der Waals surface area contributed by atoms with E-state index in [2.05, 4.69) is 4.90 Å². The molecule has 1 saturated heterocycles. The van der Waals surface area contributed by atoms with E-state index in [4.69, 9.17) is 5.73 Å². The zero-order valence-corrected chi connectivity index (χ0v) is 15.3. The molecule has 146 valence electrons. The lowest BCUT2D eigenvalue weighted by atomic mass is 9.79. The Balaban J connectivity index is 1.99. The van der Waals surface area contributed by atoms with Gasteiger partial charge in [-0.1, -0.05) is 12.1 Å². The summed E-state index contributed by atoms with van der Waals surface area (Å²) in [7, 11) is 0. The van der Waals surface area contributed by atoms with Gasteiger partial charge in [0.2, 0.25) is 0 Å². The van der Waals surface area contributed by atoms with Crippen LogP contribution >= 0.6 is 0 Å². The summed E-state index contributed by atoms with van der Waals surface area (Å²) in [5.41, 5.74) is 4.15. The van der Waals surface area contributed by atoms with E-state index in [0.29, 0.717) is 32.7 Å². The number of halogens is 3. The fourth-order valence-corrected chi connectivity index (χ4v) is 3.23. The molecule has 26 heavy (non-hydrogen) atoms. The third-order valence-electron chi connectivity index (χ3n) is 5.36. The maximum atomic E-state index is 12.6. The van der Waals surface area contributed by atoms with Crippen LogP contribution in [-0.4, -0.2) is 58.1 Å². The zero-order chi connectivity index (χ0) is 19.8. The number of alkyl halides is 3. The Morgan fingerprint density at radius 3 is 1.96 bits per heavy atom. The molecule has 1 fully saturated rings. The largest absolute Gasteiger partial charge is 0.480 e. The Bertz CT molecular complexity index is 633. The highest BCUT2D eigenvalue weighted by molar-refractivity contribution is 5.80. The van der Waals surface area contributed by atoms with Crippen LogP contribution in [-0.2, 0) is 17.5 Å². The van der Waals surface area contributed by atoms with Crippen LogP contribution in [0.25, 0.3) is 0 Å². The molecule has 0 bridgehead atoms. The van der Waals surface area contributed by atoms with E-state index >= 15 is 0 Å². The number of rotatable bonds is 5. The summed E-state index contributed by atoms with van der Waals surface area (Å²) in [4.78, 5) is 15.8. The summed E-state index contributed by atoms with van der Waals surface area (Å²) in [5.74, 6) is -0.957. The van der Waals surface area contributed by atoms with Crippen molar-refractivity contribution >= 4 is 5.97 Å². The third-order valence-corrected chi connectivity index (χ3v) is 5.36. The van der Waals surface area contributed by atoms with Crippen LogP contribution < -0.4 is 5.73 Å². The molecule has 1 aromatic carbocycles. The number of hydrogen-bond donors (Lipinski definition) is 2. The molecule has 0 aliphatic carbocycles. The molecule has 1 aliphatic rings.